The summed E-state index contributed by atoms with van der Waals surface area (Å²) in [4.78, 5) is 0. The topological polar surface area (TPSA) is 75.0 Å². The number of nitrogens with zero attached hydrogens (tertiary/aromatic N) is 3. The predicted octanol–water partition coefficient (Wildman–Crippen LogP) is 3.57. The van der Waals surface area contributed by atoms with Crippen LogP contribution in [0.3, 0.4) is 0 Å². The number of nitrogens with two attached hydrogens (primary N) is 1. The zero-order valence-corrected chi connectivity index (χ0v) is 16.8. The summed E-state index contributed by atoms with van der Waals surface area (Å²) < 4.78 is 16.2. The predicted molar refractivity (Wildman–Crippen MR) is 114 cm³/mol. The van der Waals surface area contributed by atoms with Crippen LogP contribution in [0.15, 0.2) is 48.7 Å². The first-order valence-electron chi connectivity index (χ1n) is 9.53. The smallest absolute Gasteiger partial charge is 0.0991 e. The zero-order valence-electron chi connectivity index (χ0n) is 16.0. The third kappa shape index (κ3) is 3.49. The number of piperidine rings is 1. The van der Waals surface area contributed by atoms with Gasteiger partial charge in [0, 0.05) is 54.6 Å². The summed E-state index contributed by atoms with van der Waals surface area (Å²) in [6.45, 7) is 2.18. The quantitative estimate of drug-likeness (QED) is 0.737. The second-order valence-corrected chi connectivity index (χ2v) is 8.65. The fourth-order valence-electron chi connectivity index (χ4n) is 4.09. The average Bonchev–Trinajstić information content (AvgIpc) is 3.12. The average molecular weight is 393 g/mol. The van der Waals surface area contributed by atoms with Crippen LogP contribution in [0.25, 0.3) is 22.0 Å². The highest BCUT2D eigenvalue weighted by Gasteiger charge is 2.24. The van der Waals surface area contributed by atoms with E-state index in [4.69, 9.17) is 5.73 Å². The Morgan fingerprint density at radius 2 is 2.00 bits per heavy atom. The van der Waals surface area contributed by atoms with Gasteiger partial charge in [-0.05, 0) is 42.2 Å². The van der Waals surface area contributed by atoms with Gasteiger partial charge in [0.2, 0.25) is 0 Å². The molecule has 1 saturated heterocycles. The van der Waals surface area contributed by atoms with Crippen molar-refractivity contribution in [2.45, 2.75) is 25.4 Å². The van der Waals surface area contributed by atoms with Crippen molar-refractivity contribution in [3.05, 3.63) is 59.8 Å². The second kappa shape index (κ2) is 7.88. The minimum absolute atomic E-state index is 0.364. The fraction of sp³-hybridized carbons (Fsp3) is 0.318. The number of hydrogen-bond acceptors (Lipinski definition) is 3. The van der Waals surface area contributed by atoms with Crippen LogP contribution in [0, 0.1) is 11.3 Å². The van der Waals surface area contributed by atoms with Crippen LogP contribution in [0.1, 0.15) is 30.0 Å². The Labute approximate surface area is 168 Å². The van der Waals surface area contributed by atoms with E-state index < -0.39 is 11.0 Å². The van der Waals surface area contributed by atoms with E-state index in [1.807, 2.05) is 22.5 Å². The highest BCUT2D eigenvalue weighted by molar-refractivity contribution is 7.81. The van der Waals surface area contributed by atoms with Crippen molar-refractivity contribution >= 4 is 21.9 Å². The van der Waals surface area contributed by atoms with Gasteiger partial charge < -0.3 is 10.3 Å². The highest BCUT2D eigenvalue weighted by atomic mass is 32.2. The molecule has 0 aliphatic carbocycles. The molecule has 2 aromatic carbocycles. The maximum absolute atomic E-state index is 11.8. The molecular formula is C22H24N4OS. The molecule has 0 radical (unpaired) electrons. The molecule has 2 heterocycles. The number of nitriles is 1. The normalized spacial score (nSPS) is 16.9. The van der Waals surface area contributed by atoms with E-state index in [2.05, 4.69) is 41.1 Å². The molecule has 6 heteroatoms. The maximum atomic E-state index is 11.8. The first-order chi connectivity index (χ1) is 13.6. The summed E-state index contributed by atoms with van der Waals surface area (Å²) >= 11 is 0. The van der Waals surface area contributed by atoms with Gasteiger partial charge in [-0.15, -0.1) is 0 Å². The molecule has 0 amide bonds. The van der Waals surface area contributed by atoms with Crippen molar-refractivity contribution in [3.63, 3.8) is 0 Å². The summed E-state index contributed by atoms with van der Waals surface area (Å²) in [7, 11) is -0.907. The molecule has 28 heavy (non-hydrogen) atoms. The molecule has 144 valence electrons. The van der Waals surface area contributed by atoms with Crippen molar-refractivity contribution in [2.75, 3.05) is 19.3 Å². The lowest BCUT2D eigenvalue weighted by Gasteiger charge is -2.31. The van der Waals surface area contributed by atoms with Crippen LogP contribution in [0.2, 0.25) is 0 Å². The van der Waals surface area contributed by atoms with Crippen LogP contribution < -0.4 is 5.73 Å². The van der Waals surface area contributed by atoms with Crippen LogP contribution >= 0.6 is 0 Å². The number of fused-ring (bicyclic) bond motifs is 1. The fourth-order valence-corrected chi connectivity index (χ4v) is 4.81. The van der Waals surface area contributed by atoms with Gasteiger partial charge in [-0.1, -0.05) is 24.3 Å². The summed E-state index contributed by atoms with van der Waals surface area (Å²) in [6.07, 6.45) is 5.89. The Hall–Kier alpha value is -2.46. The molecule has 1 aliphatic heterocycles. The van der Waals surface area contributed by atoms with Crippen LogP contribution in [0.5, 0.6) is 0 Å². The van der Waals surface area contributed by atoms with Gasteiger partial charge in [-0.3, -0.25) is 0 Å². The Kier molecular flexibility index (Phi) is 5.31. The Morgan fingerprint density at radius 3 is 2.68 bits per heavy atom. The van der Waals surface area contributed by atoms with E-state index >= 15 is 0 Å². The van der Waals surface area contributed by atoms with Crippen molar-refractivity contribution in [2.24, 2.45) is 5.73 Å². The van der Waals surface area contributed by atoms with Crippen molar-refractivity contribution in [1.82, 2.24) is 8.87 Å². The van der Waals surface area contributed by atoms with E-state index in [1.54, 1.807) is 6.26 Å². The van der Waals surface area contributed by atoms with E-state index in [0.717, 1.165) is 42.6 Å². The van der Waals surface area contributed by atoms with Crippen molar-refractivity contribution in [3.8, 4) is 17.2 Å². The van der Waals surface area contributed by atoms with Crippen LogP contribution in [0.4, 0.5) is 0 Å². The van der Waals surface area contributed by atoms with Gasteiger partial charge >= 0.3 is 0 Å². The van der Waals surface area contributed by atoms with E-state index in [-0.39, 0.29) is 0 Å². The van der Waals surface area contributed by atoms with Gasteiger partial charge in [0.05, 0.1) is 22.6 Å². The molecule has 5 nitrogen and oxygen atoms in total. The molecule has 0 bridgehead atoms. The number of aromatic nitrogens is 1. The molecule has 0 saturated carbocycles. The van der Waals surface area contributed by atoms with E-state index in [9.17, 15) is 9.47 Å². The highest BCUT2D eigenvalue weighted by Crippen LogP contribution is 2.36. The molecule has 1 unspecified atom stereocenters. The summed E-state index contributed by atoms with van der Waals surface area (Å²) in [6, 6.07) is 16.7. The van der Waals surface area contributed by atoms with Crippen molar-refractivity contribution < 1.29 is 4.21 Å². The standard InChI is InChI=1S/C22H24N4OS/c1-28(27)25-9-7-19(8-10-25)26-15-21(18-4-2-3-16(11-18)13-23)20-6-5-17(14-24)12-22(20)26/h2-6,11-12,15,19H,7-10,14,24H2,1H3. The molecule has 4 rings (SSSR count). The molecular weight excluding hydrogens is 368 g/mol. The molecule has 1 aromatic heterocycles. The maximum Gasteiger partial charge on any atom is 0.0991 e. The SMILES string of the molecule is CS(=O)N1CCC(n2cc(-c3cccc(C#N)c3)c3ccc(CN)cc32)CC1. The Morgan fingerprint density at radius 1 is 1.21 bits per heavy atom. The lowest BCUT2D eigenvalue weighted by Crippen LogP contribution is -2.35. The number of hydrogen-bond donors (Lipinski definition) is 1. The third-order valence-electron chi connectivity index (χ3n) is 5.62. The first-order valence-corrected chi connectivity index (χ1v) is 11.0. The second-order valence-electron chi connectivity index (χ2n) is 7.28. The van der Waals surface area contributed by atoms with E-state index in [1.165, 1.54) is 10.9 Å². The summed E-state index contributed by atoms with van der Waals surface area (Å²) in [5, 5.41) is 10.4. The first kappa shape index (κ1) is 18.9. The molecule has 1 aliphatic rings. The monoisotopic (exact) mass is 392 g/mol. The lowest BCUT2D eigenvalue weighted by molar-refractivity contribution is 0.288. The van der Waals surface area contributed by atoms with Gasteiger partial charge in [0.15, 0.2) is 0 Å². The molecule has 2 N–H and O–H groups in total. The lowest BCUT2D eigenvalue weighted by atomic mass is 10.0. The number of rotatable bonds is 4. The zero-order chi connectivity index (χ0) is 19.7. The Bertz CT molecular complexity index is 1070. The molecule has 1 fully saturated rings. The van der Waals surface area contributed by atoms with Gasteiger partial charge in [0.1, 0.15) is 0 Å². The van der Waals surface area contributed by atoms with Crippen LogP contribution in [-0.2, 0) is 17.5 Å². The third-order valence-corrected chi connectivity index (χ3v) is 6.71. The molecule has 1 atom stereocenters. The van der Waals surface area contributed by atoms with Crippen LogP contribution in [-0.4, -0.2) is 32.4 Å². The summed E-state index contributed by atoms with van der Waals surface area (Å²) in [5.41, 5.74) is 11.0. The Balaban J connectivity index is 1.80. The minimum atomic E-state index is -0.907. The van der Waals surface area contributed by atoms with Crippen molar-refractivity contribution in [1.29, 1.82) is 5.26 Å². The largest absolute Gasteiger partial charge is 0.344 e. The van der Waals surface area contributed by atoms with Gasteiger partial charge in [-0.2, -0.15) is 5.26 Å². The molecule has 3 aromatic rings. The summed E-state index contributed by atoms with van der Waals surface area (Å²) in [5.74, 6) is 0. The molecule has 0 spiro atoms. The number of benzene rings is 2. The van der Waals surface area contributed by atoms with Gasteiger partial charge in [-0.25, -0.2) is 8.51 Å². The van der Waals surface area contributed by atoms with E-state index in [0.29, 0.717) is 18.2 Å². The van der Waals surface area contributed by atoms with Gasteiger partial charge in [0.25, 0.3) is 0 Å². The minimum Gasteiger partial charge on any atom is -0.344 e.